The highest BCUT2D eigenvalue weighted by Gasteiger charge is 2.39. The van der Waals surface area contributed by atoms with Crippen molar-refractivity contribution in [2.24, 2.45) is 57.5 Å². The first-order valence-electron chi connectivity index (χ1n) is 30.8. The average molecular weight is 1190 g/mol. The number of hydrogen-bond donors (Lipinski definition) is 14. The van der Waals surface area contributed by atoms with Crippen LogP contribution in [0.25, 0.3) is 0 Å². The van der Waals surface area contributed by atoms with E-state index >= 15 is 0 Å². The molecule has 3 aliphatic rings. The minimum atomic E-state index is -1.49. The average Bonchev–Trinajstić information content (AvgIpc) is 4.24. The van der Waals surface area contributed by atoms with Crippen molar-refractivity contribution in [3.63, 3.8) is 0 Å². The molecule has 10 amide bonds. The van der Waals surface area contributed by atoms with E-state index in [0.717, 1.165) is 44.1 Å². The van der Waals surface area contributed by atoms with Crippen LogP contribution in [-0.2, 0) is 54.4 Å². The molecule has 1 heterocycles. The topological polar surface area (TPSA) is 407 Å². The molecular weight excluding hydrogens is 1090 g/mol. The second-order valence-corrected chi connectivity index (χ2v) is 24.7. The Morgan fingerprint density at radius 1 is 0.647 bits per heavy atom. The van der Waals surface area contributed by atoms with E-state index in [-0.39, 0.29) is 74.3 Å². The zero-order chi connectivity index (χ0) is 62.8. The summed E-state index contributed by atoms with van der Waals surface area (Å²) < 4.78 is 0. The predicted molar refractivity (Wildman–Crippen MR) is 324 cm³/mol. The van der Waals surface area contributed by atoms with Crippen LogP contribution in [0.3, 0.4) is 0 Å². The number of carbonyl (C=O) groups excluding carboxylic acids is 10. The summed E-state index contributed by atoms with van der Waals surface area (Å²) in [5.74, 6) is -6.70. The minimum Gasteiger partial charge on any atom is -0.370 e. The van der Waals surface area contributed by atoms with Crippen molar-refractivity contribution in [3.05, 3.63) is 35.9 Å². The van der Waals surface area contributed by atoms with Gasteiger partial charge < -0.3 is 76.1 Å². The first-order chi connectivity index (χ1) is 40.3. The number of nitrogens with two attached hydrogens (primary N) is 4. The van der Waals surface area contributed by atoms with Crippen LogP contribution in [0.5, 0.6) is 0 Å². The van der Waals surface area contributed by atoms with E-state index in [4.69, 9.17) is 22.9 Å². The van der Waals surface area contributed by atoms with Gasteiger partial charge in [0, 0.05) is 70.0 Å². The number of hydrogen-bond acceptors (Lipinski definition) is 13. The third-order valence-corrected chi connectivity index (χ3v) is 16.4. The van der Waals surface area contributed by atoms with Gasteiger partial charge in [0.15, 0.2) is 5.96 Å². The Bertz CT molecular complexity index is 2420. The number of benzene rings is 1. The number of aliphatic imine (C=N–C) groups is 1. The number of nitrogens with zero attached hydrogens (tertiary/aromatic N) is 1. The van der Waals surface area contributed by atoms with Gasteiger partial charge in [-0.25, -0.2) is 0 Å². The maximum Gasteiger partial charge on any atom is 0.245 e. The number of nitrogens with one attached hydrogen (secondary N) is 10. The molecule has 1 aromatic carbocycles. The lowest BCUT2D eigenvalue weighted by atomic mass is 9.84. The zero-order valence-electron chi connectivity index (χ0n) is 51.3. The summed E-state index contributed by atoms with van der Waals surface area (Å²) in [5.41, 5.74) is 21.8. The summed E-state index contributed by atoms with van der Waals surface area (Å²) in [4.78, 5) is 140. The van der Waals surface area contributed by atoms with Crippen molar-refractivity contribution < 1.29 is 47.9 Å². The van der Waals surface area contributed by atoms with E-state index in [0.29, 0.717) is 64.6 Å². The van der Waals surface area contributed by atoms with Gasteiger partial charge in [-0.15, -0.1) is 0 Å². The second kappa shape index (κ2) is 35.5. The molecular formula is C60H101N15O10. The Morgan fingerprint density at radius 3 is 1.95 bits per heavy atom. The second-order valence-electron chi connectivity index (χ2n) is 24.7. The fraction of sp³-hybridized carbons (Fsp3) is 0.717. The van der Waals surface area contributed by atoms with E-state index in [1.807, 2.05) is 44.2 Å². The highest BCUT2D eigenvalue weighted by molar-refractivity contribution is 5.94. The molecule has 85 heavy (non-hydrogen) atoms. The van der Waals surface area contributed by atoms with Crippen molar-refractivity contribution in [2.45, 2.75) is 218 Å². The van der Waals surface area contributed by atoms with Crippen molar-refractivity contribution in [1.82, 2.24) is 53.2 Å². The molecule has 476 valence electrons. The smallest absolute Gasteiger partial charge is 0.245 e. The number of primary amides is 1. The number of amides is 10. The quantitative estimate of drug-likeness (QED) is 0.0245. The summed E-state index contributed by atoms with van der Waals surface area (Å²) in [7, 11) is 0. The van der Waals surface area contributed by atoms with E-state index in [1.54, 1.807) is 27.7 Å². The van der Waals surface area contributed by atoms with Crippen LogP contribution in [0.2, 0.25) is 0 Å². The minimum absolute atomic E-state index is 0.00187. The summed E-state index contributed by atoms with van der Waals surface area (Å²) in [6.07, 6.45) is 9.58. The number of unbranched alkanes of at least 4 members (excludes halogenated alkanes) is 1. The third-order valence-electron chi connectivity index (χ3n) is 16.4. The Kier molecular flexibility index (Phi) is 29.5. The van der Waals surface area contributed by atoms with Crippen molar-refractivity contribution in [3.8, 4) is 0 Å². The van der Waals surface area contributed by atoms with Crippen LogP contribution in [-0.4, -0.2) is 145 Å². The van der Waals surface area contributed by atoms with Gasteiger partial charge in [-0.1, -0.05) is 89.6 Å². The van der Waals surface area contributed by atoms with E-state index < -0.39 is 113 Å². The third kappa shape index (κ3) is 24.9. The molecule has 2 saturated carbocycles. The number of rotatable bonds is 35. The van der Waals surface area contributed by atoms with Gasteiger partial charge in [0.05, 0.1) is 23.8 Å². The van der Waals surface area contributed by atoms with E-state index in [1.165, 1.54) is 6.92 Å². The molecule has 3 fully saturated rings. The molecule has 1 aromatic rings. The first-order valence-corrected chi connectivity index (χ1v) is 30.8. The lowest BCUT2D eigenvalue weighted by molar-refractivity contribution is -0.134. The molecule has 25 nitrogen and oxygen atoms in total. The Morgan fingerprint density at radius 2 is 1.31 bits per heavy atom. The summed E-state index contributed by atoms with van der Waals surface area (Å²) in [6.45, 7) is 12.8. The molecule has 0 aromatic heterocycles. The maximum atomic E-state index is 14.2. The highest BCUT2D eigenvalue weighted by Crippen LogP contribution is 2.29. The normalized spacial score (nSPS) is 20.4. The van der Waals surface area contributed by atoms with Crippen LogP contribution in [0.15, 0.2) is 35.3 Å². The molecule has 2 unspecified atom stereocenters. The molecule has 4 rings (SSSR count). The van der Waals surface area contributed by atoms with Gasteiger partial charge in [-0.3, -0.25) is 52.9 Å². The molecule has 1 saturated heterocycles. The Balaban J connectivity index is 1.43. The lowest BCUT2D eigenvalue weighted by Crippen LogP contribution is -2.58. The highest BCUT2D eigenvalue weighted by atomic mass is 16.2. The van der Waals surface area contributed by atoms with Gasteiger partial charge >= 0.3 is 0 Å². The van der Waals surface area contributed by atoms with Crippen LogP contribution < -0.4 is 76.1 Å². The number of carbonyl (C=O) groups is 10. The molecule has 2 aliphatic carbocycles. The zero-order valence-corrected chi connectivity index (χ0v) is 51.3. The Hall–Kier alpha value is -6.89. The lowest BCUT2D eigenvalue weighted by Gasteiger charge is -2.31. The molecule has 0 bridgehead atoms. The fourth-order valence-electron chi connectivity index (χ4n) is 11.6. The molecule has 18 N–H and O–H groups in total. The molecule has 1 aliphatic heterocycles. The van der Waals surface area contributed by atoms with Gasteiger partial charge in [0.2, 0.25) is 59.1 Å². The van der Waals surface area contributed by atoms with Gasteiger partial charge in [-0.2, -0.15) is 0 Å². The molecule has 11 atom stereocenters. The van der Waals surface area contributed by atoms with Gasteiger partial charge in [-0.05, 0) is 103 Å². The van der Waals surface area contributed by atoms with Crippen molar-refractivity contribution in [2.75, 3.05) is 26.2 Å². The van der Waals surface area contributed by atoms with Crippen LogP contribution >= 0.6 is 0 Å². The maximum absolute atomic E-state index is 14.2. The van der Waals surface area contributed by atoms with E-state index in [2.05, 4.69) is 58.2 Å². The van der Waals surface area contributed by atoms with Gasteiger partial charge in [0.25, 0.3) is 0 Å². The standard InChI is InChI=1S/C60H101N15O10/c1-35(2)28-41(70-58(85)60(6,7)75-51(78)32-42(29-39-18-10-8-11-19-39)69-56(83)47(23-14-15-26-61)72-54(81)43-22-16-24-45(43)68-38(5)76)31-50(77)71-46(25-17-27-66-59(63)64)55(82)67-37(4)36(3)53(80)73-48(30-40-20-12-9-13-21-40)57(84)74-49-34-65-33-44(49)52(62)79/h9,12-13,20-21,35-37,39,41-49,65H,8,10-11,14-19,22-34,61H2,1-7H3,(H2,62,79)(H,67,82)(H,68,76)(H,69,83)(H,70,85)(H,71,77)(H,72,81)(H,73,80)(H,74,84)(H,75,78)(H4,63,64,66)/t36-,37-,41-,42-,43-,44?,45?,46-,47-,48-,49-/m0/s1. The monoisotopic (exact) mass is 1190 g/mol. The van der Waals surface area contributed by atoms with Crippen LogP contribution in [0.1, 0.15) is 163 Å². The van der Waals surface area contributed by atoms with E-state index in [9.17, 15) is 47.9 Å². The summed E-state index contributed by atoms with van der Waals surface area (Å²) in [6, 6.07) is 2.93. The first kappa shape index (κ1) is 70.6. The van der Waals surface area contributed by atoms with Gasteiger partial charge in [0.1, 0.15) is 23.7 Å². The fourth-order valence-corrected chi connectivity index (χ4v) is 11.6. The molecule has 0 spiro atoms. The predicted octanol–water partition coefficient (Wildman–Crippen LogP) is 0.162. The van der Waals surface area contributed by atoms with Crippen molar-refractivity contribution in [1.29, 1.82) is 0 Å². The Labute approximate surface area is 501 Å². The molecule has 25 heteroatoms. The van der Waals surface area contributed by atoms with Crippen LogP contribution in [0, 0.1) is 29.6 Å². The number of guanidine groups is 1. The largest absolute Gasteiger partial charge is 0.370 e. The molecule has 0 radical (unpaired) electrons. The van der Waals surface area contributed by atoms with Crippen molar-refractivity contribution >= 4 is 65.0 Å². The summed E-state index contributed by atoms with van der Waals surface area (Å²) >= 11 is 0. The van der Waals surface area contributed by atoms with Crippen LogP contribution in [0.4, 0.5) is 0 Å². The summed E-state index contributed by atoms with van der Waals surface area (Å²) in [5, 5.41) is 29.2. The SMILES string of the molecule is CC(=O)NC1CCC[C@@H]1C(=O)N[C@@H](CCCCN)C(=O)N[C@H](CC(=O)NC(C)(C)C(=O)N[C@H](CC(=O)N[C@@H](CCCN=C(N)N)C(=O)N[C@@H](C)[C@H](C)C(=O)N[C@@H](Cc1ccccc1)C(=O)N[C@H]1CNCC1C(N)=O)CC(C)C)CC1CCCCC1.